The number of nitrogens with one attached hydrogen (secondary N) is 2. The number of hydrogen-bond donors (Lipinski definition) is 2. The zero-order valence-electron chi connectivity index (χ0n) is 20.9. The van der Waals surface area contributed by atoms with E-state index in [1.54, 1.807) is 24.4 Å². The van der Waals surface area contributed by atoms with Gasteiger partial charge in [0.15, 0.2) is 5.11 Å². The molecule has 0 unspecified atom stereocenters. The number of pyridine rings is 1. The lowest BCUT2D eigenvalue weighted by Gasteiger charge is -2.19. The number of aromatic nitrogens is 1. The van der Waals surface area contributed by atoms with Crippen molar-refractivity contribution in [2.24, 2.45) is 5.10 Å². The number of hydrogen-bond acceptors (Lipinski definition) is 5. The highest BCUT2D eigenvalue weighted by atomic mass is 32.1. The lowest BCUT2D eigenvalue weighted by molar-refractivity contribution is -0.274. The quantitative estimate of drug-likeness (QED) is 0.183. The van der Waals surface area contributed by atoms with E-state index in [-0.39, 0.29) is 5.75 Å². The summed E-state index contributed by atoms with van der Waals surface area (Å²) in [6.45, 7) is 6.15. The van der Waals surface area contributed by atoms with Crippen molar-refractivity contribution < 1.29 is 17.9 Å². The molecule has 0 saturated carbocycles. The molecule has 0 fully saturated rings. The fourth-order valence-electron chi connectivity index (χ4n) is 3.44. The summed E-state index contributed by atoms with van der Waals surface area (Å²) in [6, 6.07) is 17.3. The maximum atomic E-state index is 12.3. The van der Waals surface area contributed by atoms with Crippen molar-refractivity contribution >= 4 is 46.8 Å². The first-order valence-electron chi connectivity index (χ1n) is 11.4. The average Bonchev–Trinajstić information content (AvgIpc) is 2.84. The molecule has 2 aromatic carbocycles. The van der Waals surface area contributed by atoms with Gasteiger partial charge in [-0.1, -0.05) is 32.0 Å². The van der Waals surface area contributed by atoms with Crippen molar-refractivity contribution in [3.8, 4) is 5.75 Å². The zero-order valence-corrected chi connectivity index (χ0v) is 21.7. The van der Waals surface area contributed by atoms with E-state index in [9.17, 15) is 13.2 Å². The molecule has 2 N–H and O–H groups in total. The standard InChI is InChI=1S/C27H28F3N5OS/c1-18(2)23-7-5-6-8-24(23)33-26(37)34-32-16-19(3)15-20-9-14-25(31-17-20)35(4)21-10-12-22(13-11-21)36-27(28,29)30/h5-18H,1-4H3,(H2,33,34,37)/b19-15+,32-16+. The normalized spacial score (nSPS) is 12.1. The van der Waals surface area contributed by atoms with Gasteiger partial charge >= 0.3 is 6.36 Å². The van der Waals surface area contributed by atoms with Crippen LogP contribution < -0.4 is 20.4 Å². The van der Waals surface area contributed by atoms with E-state index in [0.717, 1.165) is 16.8 Å². The second kappa shape index (κ2) is 12.4. The van der Waals surface area contributed by atoms with E-state index < -0.39 is 6.36 Å². The van der Waals surface area contributed by atoms with Crippen LogP contribution in [0.2, 0.25) is 0 Å². The molecule has 0 amide bonds. The number of alkyl halides is 3. The molecule has 0 saturated heterocycles. The molecule has 0 atom stereocenters. The first-order valence-corrected chi connectivity index (χ1v) is 11.9. The first-order chi connectivity index (χ1) is 17.5. The second-order valence-corrected chi connectivity index (χ2v) is 8.91. The van der Waals surface area contributed by atoms with Gasteiger partial charge < -0.3 is 15.0 Å². The van der Waals surface area contributed by atoms with Crippen LogP contribution in [0.25, 0.3) is 6.08 Å². The summed E-state index contributed by atoms with van der Waals surface area (Å²) in [4.78, 5) is 6.21. The Hall–Kier alpha value is -3.92. The summed E-state index contributed by atoms with van der Waals surface area (Å²) in [5.41, 5.74) is 7.34. The van der Waals surface area contributed by atoms with Crippen LogP contribution in [0.15, 0.2) is 77.5 Å². The van der Waals surface area contributed by atoms with Crippen molar-refractivity contribution in [3.05, 3.63) is 83.6 Å². The Balaban J connectivity index is 1.56. The van der Waals surface area contributed by atoms with Gasteiger partial charge in [-0.15, -0.1) is 13.2 Å². The van der Waals surface area contributed by atoms with E-state index in [4.69, 9.17) is 12.2 Å². The van der Waals surface area contributed by atoms with E-state index in [2.05, 4.69) is 45.5 Å². The largest absolute Gasteiger partial charge is 0.573 e. The molecule has 1 aromatic heterocycles. The summed E-state index contributed by atoms with van der Waals surface area (Å²) in [7, 11) is 1.78. The Kier molecular flexibility index (Phi) is 9.24. The average molecular weight is 528 g/mol. The van der Waals surface area contributed by atoms with Gasteiger partial charge in [-0.2, -0.15) is 5.10 Å². The zero-order chi connectivity index (χ0) is 27.0. The molecule has 3 rings (SSSR count). The molecule has 194 valence electrons. The Morgan fingerprint density at radius 2 is 1.78 bits per heavy atom. The summed E-state index contributed by atoms with van der Waals surface area (Å²) in [6.07, 6.45) is 0.551. The van der Waals surface area contributed by atoms with Crippen LogP contribution in [0.3, 0.4) is 0 Å². The van der Waals surface area contributed by atoms with E-state index in [1.807, 2.05) is 43.3 Å². The van der Waals surface area contributed by atoms with E-state index >= 15 is 0 Å². The molecule has 0 aliphatic heterocycles. The minimum Gasteiger partial charge on any atom is -0.406 e. The number of ether oxygens (including phenoxy) is 1. The fraction of sp³-hybridized carbons (Fsp3) is 0.222. The highest BCUT2D eigenvalue weighted by Gasteiger charge is 2.31. The van der Waals surface area contributed by atoms with Crippen LogP contribution in [0, 0.1) is 0 Å². The monoisotopic (exact) mass is 527 g/mol. The summed E-state index contributed by atoms with van der Waals surface area (Å²) >= 11 is 5.35. The molecule has 0 spiro atoms. The number of halogens is 3. The lowest BCUT2D eigenvalue weighted by atomic mass is 10.0. The van der Waals surface area contributed by atoms with Crippen molar-refractivity contribution in [1.82, 2.24) is 10.4 Å². The molecule has 0 aliphatic carbocycles. The summed E-state index contributed by atoms with van der Waals surface area (Å²) in [5, 5.41) is 7.76. The molecule has 0 bridgehead atoms. The van der Waals surface area contributed by atoms with Gasteiger partial charge in [0, 0.05) is 24.6 Å². The maximum absolute atomic E-state index is 12.3. The number of rotatable bonds is 8. The van der Waals surface area contributed by atoms with Crippen LogP contribution in [0.5, 0.6) is 5.75 Å². The van der Waals surface area contributed by atoms with Gasteiger partial charge in [0.05, 0.1) is 6.21 Å². The van der Waals surface area contributed by atoms with Crippen LogP contribution >= 0.6 is 12.2 Å². The van der Waals surface area contributed by atoms with Crippen LogP contribution in [-0.2, 0) is 0 Å². The third-order valence-electron chi connectivity index (χ3n) is 5.23. The molecule has 0 aliphatic rings. The Morgan fingerprint density at radius 3 is 2.41 bits per heavy atom. The minimum absolute atomic E-state index is 0.276. The summed E-state index contributed by atoms with van der Waals surface area (Å²) < 4.78 is 41.0. The highest BCUT2D eigenvalue weighted by Crippen LogP contribution is 2.28. The van der Waals surface area contributed by atoms with E-state index in [1.165, 1.54) is 29.8 Å². The van der Waals surface area contributed by atoms with Crippen molar-refractivity contribution in [2.75, 3.05) is 17.3 Å². The Morgan fingerprint density at radius 1 is 1.08 bits per heavy atom. The topological polar surface area (TPSA) is 61.8 Å². The van der Waals surface area contributed by atoms with Gasteiger partial charge in [0.25, 0.3) is 0 Å². The molecule has 10 heteroatoms. The van der Waals surface area contributed by atoms with Gasteiger partial charge in [-0.25, -0.2) is 4.98 Å². The Labute approximate surface area is 219 Å². The Bertz CT molecular complexity index is 1260. The second-order valence-electron chi connectivity index (χ2n) is 8.50. The molecule has 6 nitrogen and oxygen atoms in total. The van der Waals surface area contributed by atoms with Gasteiger partial charge in [-0.3, -0.25) is 5.43 Å². The number of para-hydroxylation sites is 1. The number of allylic oxidation sites excluding steroid dienone is 1. The molecular weight excluding hydrogens is 499 g/mol. The van der Waals surface area contributed by atoms with Crippen LogP contribution in [-0.4, -0.2) is 29.7 Å². The molecular formula is C27H28F3N5OS. The third kappa shape index (κ3) is 8.60. The molecule has 1 heterocycles. The van der Waals surface area contributed by atoms with Gasteiger partial charge in [-0.05, 0) is 90.3 Å². The first kappa shape index (κ1) is 27.7. The molecule has 3 aromatic rings. The lowest BCUT2D eigenvalue weighted by Crippen LogP contribution is -2.24. The van der Waals surface area contributed by atoms with Gasteiger partial charge in [0.1, 0.15) is 11.6 Å². The predicted octanol–water partition coefficient (Wildman–Crippen LogP) is 7.25. The summed E-state index contributed by atoms with van der Waals surface area (Å²) in [5.74, 6) is 0.716. The van der Waals surface area contributed by atoms with Crippen molar-refractivity contribution in [2.45, 2.75) is 33.1 Å². The highest BCUT2D eigenvalue weighted by molar-refractivity contribution is 7.80. The maximum Gasteiger partial charge on any atom is 0.573 e. The number of hydrazone groups is 1. The van der Waals surface area contributed by atoms with Crippen LogP contribution in [0.1, 0.15) is 37.8 Å². The number of thiocarbonyl (C=S) groups is 1. The molecule has 37 heavy (non-hydrogen) atoms. The fourth-order valence-corrected chi connectivity index (χ4v) is 3.61. The minimum atomic E-state index is -4.72. The number of benzene rings is 2. The van der Waals surface area contributed by atoms with Crippen molar-refractivity contribution in [1.29, 1.82) is 0 Å². The van der Waals surface area contributed by atoms with Crippen LogP contribution in [0.4, 0.5) is 30.4 Å². The third-order valence-corrected chi connectivity index (χ3v) is 5.42. The smallest absolute Gasteiger partial charge is 0.406 e. The number of nitrogens with zero attached hydrogens (tertiary/aromatic N) is 3. The predicted molar refractivity (Wildman–Crippen MR) is 147 cm³/mol. The van der Waals surface area contributed by atoms with Crippen molar-refractivity contribution in [3.63, 3.8) is 0 Å². The SMILES string of the molecule is CC(/C=N/NC(=S)Nc1ccccc1C(C)C)=C\c1ccc(N(C)c2ccc(OC(F)(F)F)cc2)nc1. The van der Waals surface area contributed by atoms with Gasteiger partial charge in [0.2, 0.25) is 0 Å². The van der Waals surface area contributed by atoms with E-state index in [0.29, 0.717) is 22.5 Å². The molecule has 0 radical (unpaired) electrons. The number of anilines is 3.